The monoisotopic (exact) mass is 387 g/mol. The molecule has 0 unspecified atom stereocenters. The molecular weight excluding hydrogens is 374 g/mol. The molecule has 0 radical (unpaired) electrons. The summed E-state index contributed by atoms with van der Waals surface area (Å²) in [5.74, 6) is -2.16. The maximum atomic E-state index is 14.1. The molecule has 0 aliphatic carbocycles. The molecule has 2 aromatic carbocycles. The minimum Gasteiger partial charge on any atom is -0.452 e. The number of allylic oxidation sites excluding steroid dienone is 1. The van der Waals surface area contributed by atoms with E-state index < -0.39 is 28.9 Å². The van der Waals surface area contributed by atoms with Crippen molar-refractivity contribution in [1.29, 1.82) is 0 Å². The summed E-state index contributed by atoms with van der Waals surface area (Å²) in [7, 11) is 3.23. The number of rotatable bonds is 5. The van der Waals surface area contributed by atoms with Crippen LogP contribution in [-0.2, 0) is 6.18 Å². The smallest absolute Gasteiger partial charge is 0.416 e. The van der Waals surface area contributed by atoms with Gasteiger partial charge in [0.15, 0.2) is 5.76 Å². The summed E-state index contributed by atoms with van der Waals surface area (Å²) in [6, 6.07) is 7.79. The number of halogens is 5. The highest BCUT2D eigenvalue weighted by Gasteiger charge is 2.32. The Bertz CT molecular complexity index is 830. The number of benzene rings is 2. The molecule has 8 heteroatoms. The minimum absolute atomic E-state index is 0.254. The standard InChI is InChI=1S/C18H14ClF4NO2/c1-24(2)10-16(26-13-6-4-12(19)5-7-13)17(25)14-8-3-11(9-15(14)20)18(21,22)23/h3-10H,1-2H3/b16-10+. The summed E-state index contributed by atoms with van der Waals surface area (Å²) >= 11 is 5.78. The Morgan fingerprint density at radius 1 is 1.12 bits per heavy atom. The van der Waals surface area contributed by atoms with E-state index in [1.54, 1.807) is 14.1 Å². The summed E-state index contributed by atoms with van der Waals surface area (Å²) in [5.41, 5.74) is -1.71. The summed E-state index contributed by atoms with van der Waals surface area (Å²) in [4.78, 5) is 14.1. The van der Waals surface area contributed by atoms with Crippen molar-refractivity contribution in [2.45, 2.75) is 6.18 Å². The molecule has 0 heterocycles. The van der Waals surface area contributed by atoms with Crippen molar-refractivity contribution in [3.63, 3.8) is 0 Å². The zero-order valence-corrected chi connectivity index (χ0v) is 14.5. The first kappa shape index (κ1) is 19.8. The van der Waals surface area contributed by atoms with Crippen molar-refractivity contribution in [3.8, 4) is 5.75 Å². The van der Waals surface area contributed by atoms with E-state index in [1.165, 1.54) is 35.4 Å². The zero-order valence-electron chi connectivity index (χ0n) is 13.8. The molecule has 0 aliphatic rings. The quantitative estimate of drug-likeness (QED) is 0.307. The SMILES string of the molecule is CN(C)/C=C(/Oc1ccc(Cl)cc1)C(=O)c1ccc(C(F)(F)F)cc1F. The summed E-state index contributed by atoms with van der Waals surface area (Å²) in [6.07, 6.45) is -3.40. The van der Waals surface area contributed by atoms with E-state index in [-0.39, 0.29) is 17.6 Å². The Kier molecular flexibility index (Phi) is 5.92. The van der Waals surface area contributed by atoms with Gasteiger partial charge < -0.3 is 9.64 Å². The van der Waals surface area contributed by atoms with Crippen molar-refractivity contribution in [3.05, 3.63) is 76.4 Å². The molecule has 26 heavy (non-hydrogen) atoms. The largest absolute Gasteiger partial charge is 0.452 e. The molecule has 0 amide bonds. The average molecular weight is 388 g/mol. The lowest BCUT2D eigenvalue weighted by Gasteiger charge is -2.14. The lowest BCUT2D eigenvalue weighted by molar-refractivity contribution is -0.137. The van der Waals surface area contributed by atoms with Gasteiger partial charge in [-0.05, 0) is 42.5 Å². The van der Waals surface area contributed by atoms with E-state index in [4.69, 9.17) is 16.3 Å². The second-order valence-electron chi connectivity index (χ2n) is 5.53. The van der Waals surface area contributed by atoms with Gasteiger partial charge in [-0.15, -0.1) is 0 Å². The number of alkyl halides is 3. The number of Topliss-reactive ketones (excluding diaryl/α,β-unsaturated/α-hetero) is 1. The van der Waals surface area contributed by atoms with Crippen LogP contribution < -0.4 is 4.74 Å². The minimum atomic E-state index is -4.70. The topological polar surface area (TPSA) is 29.5 Å². The van der Waals surface area contributed by atoms with Gasteiger partial charge in [-0.25, -0.2) is 4.39 Å². The van der Waals surface area contributed by atoms with Gasteiger partial charge in [0.1, 0.15) is 11.6 Å². The van der Waals surface area contributed by atoms with Crippen LogP contribution in [0, 0.1) is 5.82 Å². The van der Waals surface area contributed by atoms with Crippen molar-refractivity contribution >= 4 is 17.4 Å². The van der Waals surface area contributed by atoms with Crippen LogP contribution in [0.25, 0.3) is 0 Å². The van der Waals surface area contributed by atoms with Crippen LogP contribution in [0.1, 0.15) is 15.9 Å². The predicted octanol–water partition coefficient (Wildman–Crippen LogP) is 5.16. The first-order valence-electron chi connectivity index (χ1n) is 7.31. The first-order chi connectivity index (χ1) is 12.1. The van der Waals surface area contributed by atoms with Gasteiger partial charge in [0, 0.05) is 25.3 Å². The number of hydrogen-bond acceptors (Lipinski definition) is 3. The molecule has 3 nitrogen and oxygen atoms in total. The number of ether oxygens (including phenoxy) is 1. The summed E-state index contributed by atoms with van der Waals surface area (Å²) in [5, 5.41) is 0.454. The van der Waals surface area contributed by atoms with Crippen molar-refractivity contribution in [2.24, 2.45) is 0 Å². The molecule has 0 fully saturated rings. The van der Waals surface area contributed by atoms with Crippen LogP contribution in [-0.4, -0.2) is 24.8 Å². The Hall–Kier alpha value is -2.54. The fraction of sp³-hybridized carbons (Fsp3) is 0.167. The van der Waals surface area contributed by atoms with Crippen LogP contribution in [0.5, 0.6) is 5.75 Å². The molecular formula is C18H14ClF4NO2. The Balaban J connectivity index is 2.37. The molecule has 0 spiro atoms. The molecule has 0 aliphatic heterocycles. The van der Waals surface area contributed by atoms with Gasteiger partial charge in [-0.2, -0.15) is 13.2 Å². The summed E-state index contributed by atoms with van der Waals surface area (Å²) < 4.78 is 57.5. The first-order valence-corrected chi connectivity index (χ1v) is 7.69. The fourth-order valence-corrected chi connectivity index (χ4v) is 2.13. The van der Waals surface area contributed by atoms with Gasteiger partial charge in [0.2, 0.25) is 5.78 Å². The number of hydrogen-bond donors (Lipinski definition) is 0. The third-order valence-electron chi connectivity index (χ3n) is 3.18. The van der Waals surface area contributed by atoms with Gasteiger partial charge in [-0.1, -0.05) is 11.6 Å². The lowest BCUT2D eigenvalue weighted by Crippen LogP contribution is -2.16. The van der Waals surface area contributed by atoms with Gasteiger partial charge in [-0.3, -0.25) is 4.79 Å². The third-order valence-corrected chi connectivity index (χ3v) is 3.43. The molecule has 0 atom stereocenters. The Morgan fingerprint density at radius 3 is 2.23 bits per heavy atom. The number of carbonyl (C=O) groups excluding carboxylic acids is 1. The second kappa shape index (κ2) is 7.78. The number of nitrogens with zero attached hydrogens (tertiary/aromatic N) is 1. The van der Waals surface area contributed by atoms with Crippen molar-refractivity contribution in [2.75, 3.05) is 14.1 Å². The predicted molar refractivity (Wildman–Crippen MR) is 89.6 cm³/mol. The number of carbonyl (C=O) groups is 1. The average Bonchev–Trinajstić information content (AvgIpc) is 2.54. The highest BCUT2D eigenvalue weighted by molar-refractivity contribution is 6.30. The van der Waals surface area contributed by atoms with Gasteiger partial charge in [0.05, 0.1) is 11.1 Å². The van der Waals surface area contributed by atoms with E-state index in [0.717, 1.165) is 6.07 Å². The summed E-state index contributed by atoms with van der Waals surface area (Å²) in [6.45, 7) is 0. The van der Waals surface area contributed by atoms with E-state index in [1.807, 2.05) is 0 Å². The van der Waals surface area contributed by atoms with Crippen LogP contribution in [0.3, 0.4) is 0 Å². The van der Waals surface area contributed by atoms with Crippen LogP contribution in [0.2, 0.25) is 5.02 Å². The molecule has 0 saturated carbocycles. The van der Waals surface area contributed by atoms with Gasteiger partial charge in [0.25, 0.3) is 0 Å². The molecule has 138 valence electrons. The third kappa shape index (κ3) is 4.98. The Labute approximate surface area is 152 Å². The molecule has 2 aromatic rings. The van der Waals surface area contributed by atoms with Crippen LogP contribution in [0.15, 0.2) is 54.4 Å². The highest BCUT2D eigenvalue weighted by atomic mass is 35.5. The normalized spacial score (nSPS) is 12.0. The molecule has 2 rings (SSSR count). The van der Waals surface area contributed by atoms with Crippen molar-refractivity contribution in [1.82, 2.24) is 4.90 Å². The maximum absolute atomic E-state index is 14.1. The molecule has 0 N–H and O–H groups in total. The van der Waals surface area contributed by atoms with Crippen LogP contribution in [0.4, 0.5) is 17.6 Å². The molecule has 0 saturated heterocycles. The van der Waals surface area contributed by atoms with E-state index >= 15 is 0 Å². The van der Waals surface area contributed by atoms with E-state index in [2.05, 4.69) is 0 Å². The maximum Gasteiger partial charge on any atom is 0.416 e. The Morgan fingerprint density at radius 2 is 1.73 bits per heavy atom. The fourth-order valence-electron chi connectivity index (χ4n) is 2.00. The van der Waals surface area contributed by atoms with Crippen molar-refractivity contribution < 1.29 is 27.1 Å². The zero-order chi connectivity index (χ0) is 19.5. The van der Waals surface area contributed by atoms with Crippen LogP contribution >= 0.6 is 11.6 Å². The van der Waals surface area contributed by atoms with E-state index in [0.29, 0.717) is 11.1 Å². The molecule has 0 bridgehead atoms. The molecule has 0 aromatic heterocycles. The second-order valence-corrected chi connectivity index (χ2v) is 5.97. The number of ketones is 1. The van der Waals surface area contributed by atoms with Gasteiger partial charge >= 0.3 is 6.18 Å². The van der Waals surface area contributed by atoms with E-state index in [9.17, 15) is 22.4 Å². The highest BCUT2D eigenvalue weighted by Crippen LogP contribution is 2.31. The lowest BCUT2D eigenvalue weighted by atomic mass is 10.1.